The van der Waals surface area contributed by atoms with Crippen molar-refractivity contribution in [2.45, 2.75) is 18.9 Å². The van der Waals surface area contributed by atoms with Gasteiger partial charge in [-0.25, -0.2) is 0 Å². The van der Waals surface area contributed by atoms with Gasteiger partial charge in [0.2, 0.25) is 11.8 Å². The molecule has 0 saturated carbocycles. The smallest absolute Gasteiger partial charge is 0.240 e. The van der Waals surface area contributed by atoms with Crippen LogP contribution in [-0.2, 0) is 14.3 Å². The van der Waals surface area contributed by atoms with E-state index in [-0.39, 0.29) is 24.5 Å². The van der Waals surface area contributed by atoms with E-state index < -0.39 is 0 Å². The summed E-state index contributed by atoms with van der Waals surface area (Å²) in [5.74, 6) is 0.0728. The SMILES string of the molecule is O=C(CN1C(=O)CSC1=S)NCC1CCCO1. The van der Waals surface area contributed by atoms with E-state index in [1.165, 1.54) is 16.7 Å². The van der Waals surface area contributed by atoms with E-state index >= 15 is 0 Å². The number of ether oxygens (including phenoxy) is 1. The standard InChI is InChI=1S/C10H14N2O3S2/c13-8(11-4-7-2-1-3-15-7)5-12-9(14)6-17-10(12)16/h7H,1-6H2,(H,11,13). The fraction of sp³-hybridized carbons (Fsp3) is 0.700. The summed E-state index contributed by atoms with van der Waals surface area (Å²) in [7, 11) is 0. The van der Waals surface area contributed by atoms with Crippen molar-refractivity contribution in [1.82, 2.24) is 10.2 Å². The molecule has 0 radical (unpaired) electrons. The largest absolute Gasteiger partial charge is 0.376 e. The minimum atomic E-state index is -0.182. The van der Waals surface area contributed by atoms with Gasteiger partial charge in [-0.1, -0.05) is 24.0 Å². The van der Waals surface area contributed by atoms with Crippen molar-refractivity contribution in [2.24, 2.45) is 0 Å². The number of nitrogens with zero attached hydrogens (tertiary/aromatic N) is 1. The Kier molecular flexibility index (Phi) is 4.36. The molecular formula is C10H14N2O3S2. The Balaban J connectivity index is 1.73. The fourth-order valence-electron chi connectivity index (χ4n) is 1.77. The Hall–Kier alpha value is -0.660. The lowest BCUT2D eigenvalue weighted by Gasteiger charge is -2.15. The van der Waals surface area contributed by atoms with Crippen molar-refractivity contribution in [3.63, 3.8) is 0 Å². The van der Waals surface area contributed by atoms with Crippen LogP contribution in [0.25, 0.3) is 0 Å². The Bertz CT molecular complexity index is 326. The number of hydrogen-bond donors (Lipinski definition) is 1. The van der Waals surface area contributed by atoms with Crippen molar-refractivity contribution in [2.75, 3.05) is 25.4 Å². The normalized spacial score (nSPS) is 24.5. The lowest BCUT2D eigenvalue weighted by molar-refractivity contribution is -0.130. The van der Waals surface area contributed by atoms with E-state index in [0.29, 0.717) is 16.6 Å². The van der Waals surface area contributed by atoms with Gasteiger partial charge in [-0.05, 0) is 12.8 Å². The van der Waals surface area contributed by atoms with E-state index in [4.69, 9.17) is 17.0 Å². The Morgan fingerprint density at radius 3 is 3.06 bits per heavy atom. The summed E-state index contributed by atoms with van der Waals surface area (Å²) in [4.78, 5) is 24.4. The molecule has 2 rings (SSSR count). The maximum Gasteiger partial charge on any atom is 0.240 e. The quantitative estimate of drug-likeness (QED) is 0.739. The molecule has 0 aliphatic carbocycles. The number of hydrogen-bond acceptors (Lipinski definition) is 5. The van der Waals surface area contributed by atoms with Crippen molar-refractivity contribution < 1.29 is 14.3 Å². The number of nitrogens with one attached hydrogen (secondary N) is 1. The number of carbonyl (C=O) groups excluding carboxylic acids is 2. The van der Waals surface area contributed by atoms with Crippen molar-refractivity contribution in [1.29, 1.82) is 0 Å². The van der Waals surface area contributed by atoms with Crippen LogP contribution in [0.5, 0.6) is 0 Å². The predicted molar refractivity (Wildman–Crippen MR) is 68.8 cm³/mol. The van der Waals surface area contributed by atoms with Crippen LogP contribution in [0, 0.1) is 0 Å². The first-order chi connectivity index (χ1) is 8.16. The monoisotopic (exact) mass is 274 g/mol. The number of carbonyl (C=O) groups is 2. The molecule has 1 atom stereocenters. The maximum absolute atomic E-state index is 11.6. The third kappa shape index (κ3) is 3.40. The van der Waals surface area contributed by atoms with Gasteiger partial charge < -0.3 is 10.1 Å². The van der Waals surface area contributed by atoms with E-state index in [0.717, 1.165) is 19.4 Å². The highest BCUT2D eigenvalue weighted by Crippen LogP contribution is 2.18. The molecule has 2 fully saturated rings. The van der Waals surface area contributed by atoms with Crippen LogP contribution in [0.4, 0.5) is 0 Å². The van der Waals surface area contributed by atoms with Gasteiger partial charge in [-0.2, -0.15) is 0 Å². The molecule has 2 amide bonds. The van der Waals surface area contributed by atoms with E-state index in [1.54, 1.807) is 0 Å². The van der Waals surface area contributed by atoms with Crippen LogP contribution >= 0.6 is 24.0 Å². The van der Waals surface area contributed by atoms with Gasteiger partial charge in [0.05, 0.1) is 11.9 Å². The molecule has 17 heavy (non-hydrogen) atoms. The summed E-state index contributed by atoms with van der Waals surface area (Å²) < 4.78 is 5.88. The topological polar surface area (TPSA) is 58.6 Å². The molecule has 1 unspecified atom stereocenters. The van der Waals surface area contributed by atoms with Crippen molar-refractivity contribution in [3.8, 4) is 0 Å². The summed E-state index contributed by atoms with van der Waals surface area (Å²) in [5, 5.41) is 2.77. The van der Waals surface area contributed by atoms with Gasteiger partial charge in [0, 0.05) is 13.2 Å². The second-order valence-electron chi connectivity index (χ2n) is 3.97. The lowest BCUT2D eigenvalue weighted by Crippen LogP contribution is -2.41. The molecule has 2 heterocycles. The molecule has 5 nitrogen and oxygen atoms in total. The molecule has 0 spiro atoms. The van der Waals surface area contributed by atoms with Gasteiger partial charge in [0.1, 0.15) is 10.9 Å². The zero-order valence-corrected chi connectivity index (χ0v) is 10.9. The summed E-state index contributed by atoms with van der Waals surface area (Å²) in [6, 6.07) is 0. The Morgan fingerprint density at radius 2 is 2.47 bits per heavy atom. The van der Waals surface area contributed by atoms with Crippen LogP contribution < -0.4 is 5.32 Å². The molecule has 0 aromatic carbocycles. The number of thioether (sulfide) groups is 1. The molecule has 2 saturated heterocycles. The molecule has 2 aliphatic rings. The van der Waals surface area contributed by atoms with Crippen LogP contribution in [0.2, 0.25) is 0 Å². The van der Waals surface area contributed by atoms with Gasteiger partial charge in [-0.15, -0.1) is 0 Å². The first kappa shape index (κ1) is 12.8. The summed E-state index contributed by atoms with van der Waals surface area (Å²) >= 11 is 6.29. The highest BCUT2D eigenvalue weighted by molar-refractivity contribution is 8.23. The lowest BCUT2D eigenvalue weighted by atomic mass is 10.2. The van der Waals surface area contributed by atoms with Gasteiger partial charge in [0.15, 0.2) is 0 Å². The van der Waals surface area contributed by atoms with Crippen molar-refractivity contribution in [3.05, 3.63) is 0 Å². The number of amides is 2. The highest BCUT2D eigenvalue weighted by Gasteiger charge is 2.28. The van der Waals surface area contributed by atoms with Crippen LogP contribution in [-0.4, -0.2) is 52.6 Å². The van der Waals surface area contributed by atoms with E-state index in [2.05, 4.69) is 5.32 Å². The zero-order chi connectivity index (χ0) is 12.3. The summed E-state index contributed by atoms with van der Waals surface area (Å²) in [6.07, 6.45) is 2.15. The maximum atomic E-state index is 11.6. The third-order valence-corrected chi connectivity index (χ3v) is 4.13. The Morgan fingerprint density at radius 1 is 1.65 bits per heavy atom. The van der Waals surface area contributed by atoms with Gasteiger partial charge in [0.25, 0.3) is 0 Å². The molecule has 0 aromatic rings. The van der Waals surface area contributed by atoms with Crippen LogP contribution in [0.15, 0.2) is 0 Å². The average molecular weight is 274 g/mol. The molecule has 1 N–H and O–H groups in total. The minimum Gasteiger partial charge on any atom is -0.376 e. The molecule has 7 heteroatoms. The van der Waals surface area contributed by atoms with Gasteiger partial charge >= 0.3 is 0 Å². The number of thiocarbonyl (C=S) groups is 1. The molecule has 2 aliphatic heterocycles. The summed E-state index contributed by atoms with van der Waals surface area (Å²) in [5.41, 5.74) is 0. The Labute approximate surface area is 109 Å². The predicted octanol–water partition coefficient (Wildman–Crippen LogP) is 0.142. The molecule has 94 valence electrons. The second-order valence-corrected chi connectivity index (χ2v) is 5.58. The number of rotatable bonds is 4. The average Bonchev–Trinajstić information content (AvgIpc) is 2.91. The van der Waals surface area contributed by atoms with Crippen LogP contribution in [0.1, 0.15) is 12.8 Å². The fourth-order valence-corrected chi connectivity index (χ4v) is 2.83. The molecule has 0 aromatic heterocycles. The minimum absolute atomic E-state index is 0.0252. The molecular weight excluding hydrogens is 260 g/mol. The highest BCUT2D eigenvalue weighted by atomic mass is 32.2. The summed E-state index contributed by atoms with van der Waals surface area (Å²) in [6.45, 7) is 1.31. The van der Waals surface area contributed by atoms with E-state index in [9.17, 15) is 9.59 Å². The first-order valence-corrected chi connectivity index (χ1v) is 6.91. The molecule has 0 bridgehead atoms. The van der Waals surface area contributed by atoms with Gasteiger partial charge in [-0.3, -0.25) is 14.5 Å². The van der Waals surface area contributed by atoms with Crippen molar-refractivity contribution >= 4 is 40.1 Å². The third-order valence-electron chi connectivity index (χ3n) is 2.69. The second kappa shape index (κ2) is 5.79. The van der Waals surface area contributed by atoms with Crippen LogP contribution in [0.3, 0.4) is 0 Å². The van der Waals surface area contributed by atoms with E-state index in [1.807, 2.05) is 0 Å². The zero-order valence-electron chi connectivity index (χ0n) is 9.31. The first-order valence-electron chi connectivity index (χ1n) is 5.52.